The minimum Gasteiger partial charge on any atom is -0.474 e. The number of rotatable bonds is 6. The van der Waals surface area contributed by atoms with E-state index in [4.69, 9.17) is 9.15 Å². The van der Waals surface area contributed by atoms with Crippen LogP contribution in [0.2, 0.25) is 0 Å². The number of benzene rings is 1. The van der Waals surface area contributed by atoms with Crippen LogP contribution in [-0.4, -0.2) is 37.3 Å². The second kappa shape index (κ2) is 7.30. The van der Waals surface area contributed by atoms with E-state index in [1.165, 1.54) is 0 Å². The second-order valence-corrected chi connectivity index (χ2v) is 7.08. The Bertz CT molecular complexity index is 1100. The summed E-state index contributed by atoms with van der Waals surface area (Å²) >= 11 is 0. The van der Waals surface area contributed by atoms with Crippen molar-refractivity contribution in [3.63, 3.8) is 0 Å². The van der Waals surface area contributed by atoms with E-state index in [1.54, 1.807) is 12.4 Å². The molecule has 4 aromatic rings. The summed E-state index contributed by atoms with van der Waals surface area (Å²) in [5.41, 5.74) is 3.47. The standard InChI is InChI=1S/C20H22N6O2/c1-11(2)23-20-26-25-19(28-20)15-8-22-16-6-5-13(7-14(15)16)17-9-21-10-18(24-17)27-12(3)4/h5-12,22H,1-4H3,(H,23,26). The van der Waals surface area contributed by atoms with Crippen molar-refractivity contribution in [2.45, 2.75) is 39.8 Å². The second-order valence-electron chi connectivity index (χ2n) is 7.08. The lowest BCUT2D eigenvalue weighted by Gasteiger charge is -2.09. The Hall–Kier alpha value is -3.42. The Morgan fingerprint density at radius 1 is 1.11 bits per heavy atom. The number of aromatic amines is 1. The van der Waals surface area contributed by atoms with Gasteiger partial charge in [0.25, 0.3) is 5.89 Å². The molecule has 4 rings (SSSR count). The Morgan fingerprint density at radius 2 is 1.96 bits per heavy atom. The van der Waals surface area contributed by atoms with E-state index in [-0.39, 0.29) is 12.1 Å². The predicted octanol–water partition coefficient (Wildman–Crippen LogP) is 4.28. The van der Waals surface area contributed by atoms with Gasteiger partial charge in [-0.25, -0.2) is 4.98 Å². The maximum Gasteiger partial charge on any atom is 0.315 e. The summed E-state index contributed by atoms with van der Waals surface area (Å²) in [6.45, 7) is 7.94. The van der Waals surface area contributed by atoms with Crippen molar-refractivity contribution in [3.05, 3.63) is 36.8 Å². The number of hydrogen-bond donors (Lipinski definition) is 2. The molecule has 0 aliphatic carbocycles. The third-order valence-corrected chi connectivity index (χ3v) is 4.01. The molecule has 0 bridgehead atoms. The van der Waals surface area contributed by atoms with Gasteiger partial charge in [0, 0.05) is 28.7 Å². The van der Waals surface area contributed by atoms with Gasteiger partial charge in [0.2, 0.25) is 5.88 Å². The SMILES string of the molecule is CC(C)Nc1nnc(-c2c[nH]c3ccc(-c4cncc(OC(C)C)n4)cc23)o1. The molecule has 28 heavy (non-hydrogen) atoms. The van der Waals surface area contributed by atoms with Gasteiger partial charge in [0.1, 0.15) is 0 Å². The number of aromatic nitrogens is 5. The van der Waals surface area contributed by atoms with Gasteiger partial charge in [-0.1, -0.05) is 11.2 Å². The monoisotopic (exact) mass is 378 g/mol. The Kier molecular flexibility index (Phi) is 4.68. The summed E-state index contributed by atoms with van der Waals surface area (Å²) in [7, 11) is 0. The van der Waals surface area contributed by atoms with E-state index in [9.17, 15) is 0 Å². The maximum absolute atomic E-state index is 5.75. The molecule has 8 heteroatoms. The number of nitrogens with one attached hydrogen (secondary N) is 2. The summed E-state index contributed by atoms with van der Waals surface area (Å²) in [6, 6.07) is 6.63. The van der Waals surface area contributed by atoms with E-state index in [1.807, 2.05) is 52.1 Å². The van der Waals surface area contributed by atoms with Crippen LogP contribution >= 0.6 is 0 Å². The molecule has 0 aliphatic heterocycles. The third kappa shape index (κ3) is 3.66. The molecule has 1 aromatic carbocycles. The van der Waals surface area contributed by atoms with E-state index in [0.29, 0.717) is 17.8 Å². The zero-order valence-corrected chi connectivity index (χ0v) is 16.2. The molecule has 0 spiro atoms. The van der Waals surface area contributed by atoms with Gasteiger partial charge in [0.15, 0.2) is 0 Å². The molecular weight excluding hydrogens is 356 g/mol. The van der Waals surface area contributed by atoms with Crippen LogP contribution in [0, 0.1) is 0 Å². The lowest BCUT2D eigenvalue weighted by atomic mass is 10.1. The van der Waals surface area contributed by atoms with E-state index in [2.05, 4.69) is 30.5 Å². The van der Waals surface area contributed by atoms with Gasteiger partial charge in [-0.3, -0.25) is 4.98 Å². The summed E-state index contributed by atoms with van der Waals surface area (Å²) in [6.07, 6.45) is 5.24. The van der Waals surface area contributed by atoms with Gasteiger partial charge >= 0.3 is 6.01 Å². The van der Waals surface area contributed by atoms with Crippen molar-refractivity contribution in [1.29, 1.82) is 0 Å². The quantitative estimate of drug-likeness (QED) is 0.516. The van der Waals surface area contributed by atoms with E-state index < -0.39 is 0 Å². The number of H-pyrrole nitrogens is 1. The molecule has 0 radical (unpaired) electrons. The highest BCUT2D eigenvalue weighted by molar-refractivity contribution is 5.96. The third-order valence-electron chi connectivity index (χ3n) is 4.01. The van der Waals surface area contributed by atoms with Crippen LogP contribution in [0.25, 0.3) is 33.6 Å². The largest absolute Gasteiger partial charge is 0.474 e. The molecule has 0 fully saturated rings. The van der Waals surface area contributed by atoms with Crippen LogP contribution in [0.1, 0.15) is 27.7 Å². The van der Waals surface area contributed by atoms with E-state index in [0.717, 1.165) is 27.7 Å². The number of nitrogens with zero attached hydrogens (tertiary/aromatic N) is 4. The van der Waals surface area contributed by atoms with E-state index >= 15 is 0 Å². The highest BCUT2D eigenvalue weighted by atomic mass is 16.5. The Balaban J connectivity index is 1.71. The lowest BCUT2D eigenvalue weighted by Crippen LogP contribution is -2.09. The number of anilines is 1. The average molecular weight is 378 g/mol. The topological polar surface area (TPSA) is 102 Å². The predicted molar refractivity (Wildman–Crippen MR) is 107 cm³/mol. The van der Waals surface area contributed by atoms with Gasteiger partial charge in [-0.05, 0) is 39.8 Å². The first kappa shape index (κ1) is 18.0. The molecule has 3 heterocycles. The molecule has 2 N–H and O–H groups in total. The van der Waals surface area contributed by atoms with Crippen molar-refractivity contribution < 1.29 is 9.15 Å². The van der Waals surface area contributed by atoms with Crippen molar-refractivity contribution >= 4 is 16.9 Å². The normalized spacial score (nSPS) is 11.5. The number of fused-ring (bicyclic) bond motifs is 1. The Labute approximate surface area is 162 Å². The molecule has 0 saturated heterocycles. The smallest absolute Gasteiger partial charge is 0.315 e. The zero-order valence-electron chi connectivity index (χ0n) is 16.2. The molecular formula is C20H22N6O2. The molecule has 0 unspecified atom stereocenters. The van der Waals surface area contributed by atoms with Gasteiger partial charge in [-0.2, -0.15) is 0 Å². The molecule has 144 valence electrons. The van der Waals surface area contributed by atoms with Gasteiger partial charge in [0.05, 0.1) is 29.8 Å². The molecule has 0 saturated carbocycles. The molecule has 3 aromatic heterocycles. The van der Waals surface area contributed by atoms with Crippen LogP contribution in [-0.2, 0) is 0 Å². The number of hydrogen-bond acceptors (Lipinski definition) is 7. The maximum atomic E-state index is 5.75. The molecule has 0 amide bonds. The first-order chi connectivity index (χ1) is 13.5. The van der Waals surface area contributed by atoms with Crippen LogP contribution < -0.4 is 10.1 Å². The summed E-state index contributed by atoms with van der Waals surface area (Å²) in [5.74, 6) is 0.956. The first-order valence-electron chi connectivity index (χ1n) is 9.20. The fourth-order valence-corrected chi connectivity index (χ4v) is 2.88. The highest BCUT2D eigenvalue weighted by Gasteiger charge is 2.15. The van der Waals surface area contributed by atoms with Crippen molar-refractivity contribution in [2.75, 3.05) is 5.32 Å². The van der Waals surface area contributed by atoms with Crippen LogP contribution in [0.4, 0.5) is 6.01 Å². The van der Waals surface area contributed by atoms with Crippen molar-refractivity contribution in [1.82, 2.24) is 25.1 Å². The van der Waals surface area contributed by atoms with Gasteiger partial charge in [-0.15, -0.1) is 5.10 Å². The summed E-state index contributed by atoms with van der Waals surface area (Å²) < 4.78 is 11.4. The number of ether oxygens (including phenoxy) is 1. The van der Waals surface area contributed by atoms with Gasteiger partial charge < -0.3 is 19.5 Å². The zero-order chi connectivity index (χ0) is 19.7. The molecule has 0 aliphatic rings. The molecule has 8 nitrogen and oxygen atoms in total. The minimum absolute atomic E-state index is 0.0366. The highest BCUT2D eigenvalue weighted by Crippen LogP contribution is 2.32. The van der Waals surface area contributed by atoms with Crippen molar-refractivity contribution in [3.8, 4) is 28.6 Å². The Morgan fingerprint density at radius 3 is 2.75 bits per heavy atom. The average Bonchev–Trinajstić information content (AvgIpc) is 3.26. The minimum atomic E-state index is 0.0366. The van der Waals surface area contributed by atoms with Crippen LogP contribution in [0.5, 0.6) is 5.88 Å². The fourth-order valence-electron chi connectivity index (χ4n) is 2.88. The summed E-state index contributed by atoms with van der Waals surface area (Å²) in [5, 5.41) is 12.3. The first-order valence-corrected chi connectivity index (χ1v) is 9.20. The fraction of sp³-hybridized carbons (Fsp3) is 0.300. The molecule has 0 atom stereocenters. The van der Waals surface area contributed by atoms with Crippen LogP contribution in [0.15, 0.2) is 41.2 Å². The van der Waals surface area contributed by atoms with Crippen LogP contribution in [0.3, 0.4) is 0 Å². The van der Waals surface area contributed by atoms with Crippen molar-refractivity contribution in [2.24, 2.45) is 0 Å². The lowest BCUT2D eigenvalue weighted by molar-refractivity contribution is 0.232. The summed E-state index contributed by atoms with van der Waals surface area (Å²) in [4.78, 5) is 12.0.